The predicted octanol–water partition coefficient (Wildman–Crippen LogP) is 1.54. The molecule has 36 heavy (non-hydrogen) atoms. The Morgan fingerprint density at radius 1 is 1.08 bits per heavy atom. The van der Waals surface area contributed by atoms with Gasteiger partial charge in [0.15, 0.2) is 6.10 Å². The molecule has 6 rings (SSSR count). The highest BCUT2D eigenvalue weighted by atomic mass is 79.9. The first-order valence-corrected chi connectivity index (χ1v) is 13.8. The van der Waals surface area contributed by atoms with Crippen molar-refractivity contribution in [1.29, 1.82) is 5.26 Å². The van der Waals surface area contributed by atoms with Gasteiger partial charge in [-0.2, -0.15) is 5.26 Å². The Bertz CT molecular complexity index is 1130. The minimum atomic E-state index is -1.76. The van der Waals surface area contributed by atoms with E-state index in [1.165, 1.54) is 22.7 Å². The van der Waals surface area contributed by atoms with Crippen LogP contribution in [0, 0.1) is 17.2 Å². The number of aliphatic hydroxyl groups is 1. The number of fused-ring (bicyclic) bond motifs is 3. The second-order valence-electron chi connectivity index (χ2n) is 9.48. The van der Waals surface area contributed by atoms with Gasteiger partial charge in [0, 0.05) is 25.2 Å². The van der Waals surface area contributed by atoms with E-state index < -0.39 is 11.6 Å². The van der Waals surface area contributed by atoms with Gasteiger partial charge >= 0.3 is 5.97 Å². The molecule has 3 aliphatic heterocycles. The quantitative estimate of drug-likeness (QED) is 0.233. The number of hydrogen-bond acceptors (Lipinski definition) is 7. The van der Waals surface area contributed by atoms with Gasteiger partial charge in [0.2, 0.25) is 5.60 Å². The van der Waals surface area contributed by atoms with Crippen molar-refractivity contribution in [2.75, 3.05) is 32.8 Å². The molecule has 1 aromatic carbocycles. The van der Waals surface area contributed by atoms with Gasteiger partial charge in [-0.3, -0.25) is 0 Å². The van der Waals surface area contributed by atoms with E-state index in [0.717, 1.165) is 55.7 Å². The van der Waals surface area contributed by atoms with Gasteiger partial charge in [-0.25, -0.2) is 4.79 Å². The van der Waals surface area contributed by atoms with Crippen molar-refractivity contribution in [3.05, 3.63) is 74.6 Å². The Kier molecular flexibility index (Phi) is 8.53. The molecule has 0 aliphatic carbocycles. The number of quaternary nitrogens is 1. The first kappa shape index (κ1) is 26.8. The summed E-state index contributed by atoms with van der Waals surface area (Å²) in [5, 5.41) is 24.3. The number of rotatable bonds is 9. The molecular formula is C27H29BrN2O4S2. The number of nitriles is 1. The first-order chi connectivity index (χ1) is 17.0. The fourth-order valence-corrected chi connectivity index (χ4v) is 7.11. The number of benzene rings is 1. The summed E-state index contributed by atoms with van der Waals surface area (Å²) in [6.45, 7) is 4.55. The smallest absolute Gasteiger partial charge is 0.349 e. The van der Waals surface area contributed by atoms with Gasteiger partial charge in [-0.1, -0.05) is 12.1 Å². The standard InChI is InChI=1S/C27H29N2O4S2.BrH/c28-18-20-6-8-22(9-7-20)32-15-3-12-29-13-10-21(11-14-29)23(19-29)33-26(30)27(31,24-4-1-16-34-24)25-5-2-17-35-25;/h1-2,4-9,16-17,21,23,31H,3,10-15,19H2;1H/q+1;/p-1/t21?,23-,29?;/m0./s1. The third-order valence-corrected chi connectivity index (χ3v) is 9.34. The van der Waals surface area contributed by atoms with Crippen molar-refractivity contribution in [2.24, 2.45) is 5.92 Å². The summed E-state index contributed by atoms with van der Waals surface area (Å²) in [6.07, 6.45) is 2.78. The fraction of sp³-hybridized carbons (Fsp3) is 0.407. The number of hydrogen-bond donors (Lipinski definition) is 1. The molecule has 3 saturated heterocycles. The number of ether oxygens (including phenoxy) is 2. The maximum absolute atomic E-state index is 13.5. The normalized spacial score (nSPS) is 22.9. The SMILES string of the molecule is N#Cc1ccc(OCCC[N+]23CCC(CC2)[C@@H](OC(=O)C(O)(c2cccs2)c2cccs2)C3)cc1.[Br-]. The maximum Gasteiger partial charge on any atom is 0.349 e. The van der Waals surface area contributed by atoms with Crippen LogP contribution in [0.1, 0.15) is 34.6 Å². The van der Waals surface area contributed by atoms with Crippen LogP contribution >= 0.6 is 22.7 Å². The molecule has 190 valence electrons. The Morgan fingerprint density at radius 3 is 2.28 bits per heavy atom. The lowest BCUT2D eigenvalue weighted by Gasteiger charge is -2.52. The van der Waals surface area contributed by atoms with Crippen molar-refractivity contribution < 1.29 is 40.8 Å². The highest BCUT2D eigenvalue weighted by Gasteiger charge is 2.51. The molecule has 0 radical (unpaired) electrons. The van der Waals surface area contributed by atoms with Gasteiger partial charge in [0.1, 0.15) is 12.3 Å². The lowest BCUT2D eigenvalue weighted by Crippen LogP contribution is -3.00. The maximum atomic E-state index is 13.5. The van der Waals surface area contributed by atoms with Crippen molar-refractivity contribution in [1.82, 2.24) is 0 Å². The van der Waals surface area contributed by atoms with E-state index in [4.69, 9.17) is 14.7 Å². The third kappa shape index (κ3) is 5.38. The summed E-state index contributed by atoms with van der Waals surface area (Å²) in [7, 11) is 0. The van der Waals surface area contributed by atoms with Crippen LogP contribution in [-0.4, -0.2) is 54.4 Å². The van der Waals surface area contributed by atoms with Crippen LogP contribution in [-0.2, 0) is 15.1 Å². The molecular weight excluding hydrogens is 560 g/mol. The number of thiophene rings is 2. The van der Waals surface area contributed by atoms with Crippen LogP contribution < -0.4 is 21.7 Å². The van der Waals surface area contributed by atoms with E-state index in [1.807, 2.05) is 35.0 Å². The minimum Gasteiger partial charge on any atom is -1.00 e. The van der Waals surface area contributed by atoms with E-state index in [9.17, 15) is 9.90 Å². The van der Waals surface area contributed by atoms with Crippen molar-refractivity contribution in [2.45, 2.75) is 31.0 Å². The van der Waals surface area contributed by atoms with E-state index in [2.05, 4.69) is 6.07 Å². The summed E-state index contributed by atoms with van der Waals surface area (Å²) < 4.78 is 12.9. The largest absolute Gasteiger partial charge is 1.00 e. The first-order valence-electron chi connectivity index (χ1n) is 12.0. The van der Waals surface area contributed by atoms with Crippen molar-refractivity contribution >= 4 is 28.6 Å². The Balaban J connectivity index is 0.00000304. The molecule has 0 amide bonds. The zero-order valence-electron chi connectivity index (χ0n) is 19.8. The Morgan fingerprint density at radius 2 is 1.72 bits per heavy atom. The third-order valence-electron chi connectivity index (χ3n) is 7.38. The lowest BCUT2D eigenvalue weighted by atomic mass is 9.83. The lowest BCUT2D eigenvalue weighted by molar-refractivity contribution is -0.946. The molecule has 0 unspecified atom stereocenters. The fourth-order valence-electron chi connectivity index (χ4n) is 5.40. The van der Waals surface area contributed by atoms with Gasteiger partial charge < -0.3 is 36.0 Å². The molecule has 1 atom stereocenters. The van der Waals surface area contributed by atoms with Crippen LogP contribution in [0.25, 0.3) is 0 Å². The second kappa shape index (κ2) is 11.4. The monoisotopic (exact) mass is 588 g/mol. The zero-order chi connectivity index (χ0) is 24.3. The molecule has 0 saturated carbocycles. The number of piperidine rings is 3. The molecule has 5 heterocycles. The van der Waals surface area contributed by atoms with Gasteiger partial charge in [-0.05, 0) is 47.2 Å². The van der Waals surface area contributed by atoms with E-state index in [-0.39, 0.29) is 23.1 Å². The molecule has 2 bridgehead atoms. The molecule has 0 spiro atoms. The summed E-state index contributed by atoms with van der Waals surface area (Å²) in [6, 6.07) is 16.6. The van der Waals surface area contributed by atoms with E-state index in [0.29, 0.717) is 27.8 Å². The topological polar surface area (TPSA) is 79.5 Å². The van der Waals surface area contributed by atoms with Gasteiger partial charge in [0.05, 0.1) is 47.6 Å². The van der Waals surface area contributed by atoms with E-state index in [1.54, 1.807) is 24.3 Å². The molecule has 3 aromatic rings. The van der Waals surface area contributed by atoms with Crippen LogP contribution in [0.15, 0.2) is 59.3 Å². The molecule has 3 aliphatic rings. The second-order valence-corrected chi connectivity index (χ2v) is 11.4. The highest BCUT2D eigenvalue weighted by molar-refractivity contribution is 7.12. The molecule has 1 N–H and O–H groups in total. The predicted molar refractivity (Wildman–Crippen MR) is 135 cm³/mol. The van der Waals surface area contributed by atoms with Gasteiger partial charge in [-0.15, -0.1) is 22.7 Å². The average molecular weight is 590 g/mol. The van der Waals surface area contributed by atoms with Crippen molar-refractivity contribution in [3.63, 3.8) is 0 Å². The summed E-state index contributed by atoms with van der Waals surface area (Å²) in [5.41, 5.74) is -1.13. The van der Waals surface area contributed by atoms with Crippen molar-refractivity contribution in [3.8, 4) is 11.8 Å². The number of carbonyl (C=O) groups excluding carboxylic acids is 1. The Labute approximate surface area is 230 Å². The van der Waals surface area contributed by atoms with E-state index >= 15 is 0 Å². The van der Waals surface area contributed by atoms with Gasteiger partial charge in [0.25, 0.3) is 0 Å². The molecule has 9 heteroatoms. The van der Waals surface area contributed by atoms with Crippen LogP contribution in [0.4, 0.5) is 0 Å². The molecule has 6 nitrogen and oxygen atoms in total. The minimum absolute atomic E-state index is 0. The number of esters is 1. The van der Waals surface area contributed by atoms with Crippen LogP contribution in [0.2, 0.25) is 0 Å². The number of nitrogens with zero attached hydrogens (tertiary/aromatic N) is 2. The van der Waals surface area contributed by atoms with Crippen LogP contribution in [0.5, 0.6) is 5.75 Å². The summed E-state index contributed by atoms with van der Waals surface area (Å²) >= 11 is 2.74. The average Bonchev–Trinajstić information content (AvgIpc) is 3.63. The van der Waals surface area contributed by atoms with Crippen LogP contribution in [0.3, 0.4) is 0 Å². The molecule has 2 aromatic heterocycles. The summed E-state index contributed by atoms with van der Waals surface area (Å²) in [4.78, 5) is 14.7. The summed E-state index contributed by atoms with van der Waals surface area (Å²) in [5.74, 6) is 0.558. The zero-order valence-corrected chi connectivity index (χ0v) is 23.1. The highest BCUT2D eigenvalue weighted by Crippen LogP contribution is 2.40. The number of carbonyl (C=O) groups is 1. The number of halogens is 1. The Hall–Kier alpha value is -2.22. The molecule has 3 fully saturated rings.